The number of halogens is 1. The number of benzene rings is 3. The molecule has 0 fully saturated rings. The molecule has 9 heteroatoms. The minimum atomic E-state index is -3.75. The average Bonchev–Trinajstić information content (AvgIpc) is 3.21. The smallest absolute Gasteiger partial charge is 0.354 e. The van der Waals surface area contributed by atoms with Gasteiger partial charge in [-0.1, -0.05) is 30.3 Å². The van der Waals surface area contributed by atoms with E-state index in [9.17, 15) is 22.7 Å². The van der Waals surface area contributed by atoms with Crippen LogP contribution in [0.3, 0.4) is 0 Å². The van der Waals surface area contributed by atoms with Gasteiger partial charge in [0.25, 0.3) is 10.0 Å². The summed E-state index contributed by atoms with van der Waals surface area (Å²) in [5.74, 6) is -1.64. The predicted octanol–water partition coefficient (Wildman–Crippen LogP) is 5.05. The van der Waals surface area contributed by atoms with Gasteiger partial charge in [-0.3, -0.25) is 4.31 Å². The van der Waals surface area contributed by atoms with Crippen molar-refractivity contribution in [3.05, 3.63) is 90.4 Å². The molecule has 0 unspecified atom stereocenters. The number of hydrogen-bond donors (Lipinski definition) is 2. The average molecular weight is 476 g/mol. The lowest BCUT2D eigenvalue weighted by Gasteiger charge is -2.19. The SMILES string of the molecule is CN(c1ccc(-c2nc(C(=O)O)cc3c2[nH]c2ccc(F)cc23)cc1)S(=O)(=O)c1ccccc1. The summed E-state index contributed by atoms with van der Waals surface area (Å²) in [7, 11) is -2.28. The summed E-state index contributed by atoms with van der Waals surface area (Å²) >= 11 is 0. The Morgan fingerprint density at radius 1 is 0.971 bits per heavy atom. The Hall–Kier alpha value is -4.24. The van der Waals surface area contributed by atoms with Crippen LogP contribution in [0.2, 0.25) is 0 Å². The first-order valence-electron chi connectivity index (χ1n) is 10.3. The van der Waals surface area contributed by atoms with Crippen LogP contribution >= 0.6 is 0 Å². The van der Waals surface area contributed by atoms with Crippen molar-refractivity contribution in [2.75, 3.05) is 11.4 Å². The van der Waals surface area contributed by atoms with Gasteiger partial charge in [0.1, 0.15) is 11.5 Å². The highest BCUT2D eigenvalue weighted by Crippen LogP contribution is 2.34. The molecule has 0 aliphatic carbocycles. The van der Waals surface area contributed by atoms with Gasteiger partial charge in [-0.15, -0.1) is 0 Å². The summed E-state index contributed by atoms with van der Waals surface area (Å²) in [4.78, 5) is 19.4. The number of carboxylic acid groups (broad SMARTS) is 1. The Morgan fingerprint density at radius 3 is 2.35 bits per heavy atom. The van der Waals surface area contributed by atoms with E-state index in [0.29, 0.717) is 38.8 Å². The van der Waals surface area contributed by atoms with Crippen molar-refractivity contribution < 1.29 is 22.7 Å². The second-order valence-corrected chi connectivity index (χ2v) is 9.70. The standard InChI is InChI=1S/C25H18FN3O4S/c1-29(34(32,33)18-5-3-2-4-6-18)17-10-7-15(8-11-17)23-24-20(14-22(28-23)25(30)31)19-13-16(26)9-12-21(19)27-24/h2-14,27H,1H3,(H,30,31). The van der Waals surface area contributed by atoms with Gasteiger partial charge in [0.2, 0.25) is 0 Å². The van der Waals surface area contributed by atoms with Crippen molar-refractivity contribution in [3.63, 3.8) is 0 Å². The number of hydrogen-bond acceptors (Lipinski definition) is 4. The molecule has 0 atom stereocenters. The van der Waals surface area contributed by atoms with Crippen molar-refractivity contribution in [1.82, 2.24) is 9.97 Å². The molecule has 0 saturated carbocycles. The molecular weight excluding hydrogens is 457 g/mol. The van der Waals surface area contributed by atoms with Crippen molar-refractivity contribution in [2.24, 2.45) is 0 Å². The summed E-state index contributed by atoms with van der Waals surface area (Å²) in [5, 5.41) is 10.7. The predicted molar refractivity (Wildman–Crippen MR) is 128 cm³/mol. The highest BCUT2D eigenvalue weighted by Gasteiger charge is 2.22. The lowest BCUT2D eigenvalue weighted by Crippen LogP contribution is -2.26. The van der Waals surface area contributed by atoms with Gasteiger partial charge >= 0.3 is 5.97 Å². The minimum Gasteiger partial charge on any atom is -0.477 e. The van der Waals surface area contributed by atoms with Gasteiger partial charge in [0, 0.05) is 28.9 Å². The number of anilines is 1. The Labute approximate surface area is 194 Å². The quantitative estimate of drug-likeness (QED) is 0.370. The van der Waals surface area contributed by atoms with Crippen LogP contribution in [0, 0.1) is 5.82 Å². The first-order valence-corrected chi connectivity index (χ1v) is 11.7. The number of H-pyrrole nitrogens is 1. The third kappa shape index (κ3) is 3.56. The van der Waals surface area contributed by atoms with Crippen LogP contribution in [0.5, 0.6) is 0 Å². The second kappa shape index (κ2) is 7.96. The van der Waals surface area contributed by atoms with E-state index in [2.05, 4.69) is 9.97 Å². The van der Waals surface area contributed by atoms with Gasteiger partial charge in [0.05, 0.1) is 21.8 Å². The first kappa shape index (κ1) is 21.6. The summed E-state index contributed by atoms with van der Waals surface area (Å²) < 4.78 is 40.9. The lowest BCUT2D eigenvalue weighted by atomic mass is 10.1. The summed E-state index contributed by atoms with van der Waals surface area (Å²) in [6.07, 6.45) is 0. The lowest BCUT2D eigenvalue weighted by molar-refractivity contribution is 0.0691. The van der Waals surface area contributed by atoms with E-state index >= 15 is 0 Å². The monoisotopic (exact) mass is 475 g/mol. The maximum absolute atomic E-state index is 13.9. The number of aromatic nitrogens is 2. The first-order chi connectivity index (χ1) is 16.3. The zero-order chi connectivity index (χ0) is 24.0. The number of carbonyl (C=O) groups is 1. The fraction of sp³-hybridized carbons (Fsp3) is 0.0400. The highest BCUT2D eigenvalue weighted by atomic mass is 32.2. The summed E-state index contributed by atoms with van der Waals surface area (Å²) in [5.41, 5.74) is 2.40. The van der Waals surface area contributed by atoms with Crippen LogP contribution < -0.4 is 4.31 Å². The Bertz CT molecular complexity index is 1660. The van der Waals surface area contributed by atoms with E-state index in [-0.39, 0.29) is 10.6 Å². The van der Waals surface area contributed by atoms with Crippen LogP contribution in [0.25, 0.3) is 33.1 Å². The number of sulfonamides is 1. The van der Waals surface area contributed by atoms with E-state index in [4.69, 9.17) is 0 Å². The van der Waals surface area contributed by atoms with Gasteiger partial charge in [-0.25, -0.2) is 22.6 Å². The third-order valence-electron chi connectivity index (χ3n) is 5.68. The molecule has 5 aromatic rings. The molecule has 5 rings (SSSR count). The molecule has 0 aliphatic rings. The third-order valence-corrected chi connectivity index (χ3v) is 7.48. The zero-order valence-electron chi connectivity index (χ0n) is 17.9. The topological polar surface area (TPSA) is 103 Å². The number of rotatable bonds is 5. The molecule has 34 heavy (non-hydrogen) atoms. The van der Waals surface area contributed by atoms with Gasteiger partial charge < -0.3 is 10.1 Å². The maximum atomic E-state index is 13.9. The van der Waals surface area contributed by atoms with Crippen LogP contribution in [-0.2, 0) is 10.0 Å². The largest absolute Gasteiger partial charge is 0.477 e. The zero-order valence-corrected chi connectivity index (χ0v) is 18.7. The Kier molecular flexibility index (Phi) is 5.06. The van der Waals surface area contributed by atoms with Crippen molar-refractivity contribution in [3.8, 4) is 11.3 Å². The number of pyridine rings is 1. The molecule has 7 nitrogen and oxygen atoms in total. The Balaban J connectivity index is 1.62. The molecule has 0 saturated heterocycles. The van der Waals surface area contributed by atoms with Crippen molar-refractivity contribution in [2.45, 2.75) is 4.90 Å². The van der Waals surface area contributed by atoms with Gasteiger partial charge in [0.15, 0.2) is 0 Å². The van der Waals surface area contributed by atoms with Crippen LogP contribution in [0.15, 0.2) is 83.8 Å². The van der Waals surface area contributed by atoms with E-state index < -0.39 is 21.8 Å². The molecular formula is C25H18FN3O4S. The number of fused-ring (bicyclic) bond motifs is 3. The number of nitrogens with one attached hydrogen (secondary N) is 1. The van der Waals surface area contributed by atoms with Crippen LogP contribution in [0.4, 0.5) is 10.1 Å². The molecule has 3 aromatic carbocycles. The van der Waals surface area contributed by atoms with Crippen LogP contribution in [0.1, 0.15) is 10.5 Å². The number of nitrogens with zero attached hydrogens (tertiary/aromatic N) is 2. The second-order valence-electron chi connectivity index (χ2n) is 7.73. The number of carboxylic acids is 1. The van der Waals surface area contributed by atoms with Crippen molar-refractivity contribution >= 4 is 43.5 Å². The maximum Gasteiger partial charge on any atom is 0.354 e. The van der Waals surface area contributed by atoms with Gasteiger partial charge in [-0.2, -0.15) is 0 Å². The van der Waals surface area contributed by atoms with Gasteiger partial charge in [-0.05, 0) is 48.5 Å². The molecule has 2 heterocycles. The minimum absolute atomic E-state index is 0.171. The van der Waals surface area contributed by atoms with E-state index in [0.717, 1.165) is 0 Å². The molecule has 0 amide bonds. The molecule has 0 spiro atoms. The van der Waals surface area contributed by atoms with Crippen molar-refractivity contribution in [1.29, 1.82) is 0 Å². The summed E-state index contributed by atoms with van der Waals surface area (Å²) in [6.45, 7) is 0. The fourth-order valence-electron chi connectivity index (χ4n) is 3.90. The number of aromatic carboxylic acids is 1. The highest BCUT2D eigenvalue weighted by molar-refractivity contribution is 7.92. The van der Waals surface area contributed by atoms with E-state index in [1.165, 1.54) is 41.7 Å². The Morgan fingerprint density at radius 2 is 1.68 bits per heavy atom. The molecule has 170 valence electrons. The fourth-order valence-corrected chi connectivity index (χ4v) is 5.12. The molecule has 0 radical (unpaired) electrons. The molecule has 2 N–H and O–H groups in total. The van der Waals surface area contributed by atoms with E-state index in [1.807, 2.05) is 0 Å². The molecule has 2 aromatic heterocycles. The molecule has 0 aliphatic heterocycles. The number of aromatic amines is 1. The normalized spacial score (nSPS) is 11.7. The van der Waals surface area contributed by atoms with Crippen LogP contribution in [-0.4, -0.2) is 36.5 Å². The summed E-state index contributed by atoms with van der Waals surface area (Å²) in [6, 6.07) is 20.4. The van der Waals surface area contributed by atoms with E-state index in [1.54, 1.807) is 48.5 Å². The molecule has 0 bridgehead atoms.